The molecule has 0 aliphatic carbocycles. The maximum Gasteiger partial charge on any atom is 0.407 e. The van der Waals surface area contributed by atoms with E-state index in [-0.39, 0.29) is 6.54 Å². The van der Waals surface area contributed by atoms with Gasteiger partial charge in [-0.1, -0.05) is 0 Å². The van der Waals surface area contributed by atoms with Crippen molar-refractivity contribution in [2.45, 2.75) is 32.5 Å². The van der Waals surface area contributed by atoms with Crippen molar-refractivity contribution in [1.29, 1.82) is 0 Å². The molecule has 0 radical (unpaired) electrons. The summed E-state index contributed by atoms with van der Waals surface area (Å²) in [5, 5.41) is 15.9. The Kier molecular flexibility index (Phi) is 4.32. The Morgan fingerprint density at radius 1 is 1.62 bits per heavy atom. The summed E-state index contributed by atoms with van der Waals surface area (Å²) in [7, 11) is 0. The van der Waals surface area contributed by atoms with Crippen molar-refractivity contribution in [3.05, 3.63) is 22.4 Å². The Balaban J connectivity index is 2.32. The highest BCUT2D eigenvalue weighted by atomic mass is 32.1. The molecule has 1 atom stereocenters. The van der Waals surface area contributed by atoms with Gasteiger partial charge in [-0.15, -0.1) is 0 Å². The summed E-state index contributed by atoms with van der Waals surface area (Å²) < 4.78 is 5.05. The third-order valence-electron chi connectivity index (χ3n) is 1.77. The van der Waals surface area contributed by atoms with Gasteiger partial charge in [0, 0.05) is 0 Å². The van der Waals surface area contributed by atoms with E-state index in [0.29, 0.717) is 0 Å². The molecule has 16 heavy (non-hydrogen) atoms. The normalized spacial score (nSPS) is 13.2. The topological polar surface area (TPSA) is 58.6 Å². The van der Waals surface area contributed by atoms with E-state index >= 15 is 0 Å². The monoisotopic (exact) mass is 243 g/mol. The number of hydrogen-bond donors (Lipinski definition) is 2. The van der Waals surface area contributed by atoms with Gasteiger partial charge >= 0.3 is 6.09 Å². The van der Waals surface area contributed by atoms with Crippen molar-refractivity contribution in [2.24, 2.45) is 0 Å². The highest BCUT2D eigenvalue weighted by Crippen LogP contribution is 2.15. The van der Waals surface area contributed by atoms with Gasteiger partial charge in [0.15, 0.2) is 0 Å². The Morgan fingerprint density at radius 2 is 2.31 bits per heavy atom. The average molecular weight is 243 g/mol. The molecule has 1 rings (SSSR count). The average Bonchev–Trinajstić information content (AvgIpc) is 2.64. The van der Waals surface area contributed by atoms with Crippen molar-refractivity contribution in [2.75, 3.05) is 6.54 Å². The third kappa shape index (κ3) is 4.63. The zero-order chi connectivity index (χ0) is 12.2. The molecule has 0 aromatic carbocycles. The predicted octanol–water partition coefficient (Wildman–Crippen LogP) is 2.31. The highest BCUT2D eigenvalue weighted by Gasteiger charge is 2.17. The fourth-order valence-electron chi connectivity index (χ4n) is 1.08. The molecule has 5 heteroatoms. The minimum absolute atomic E-state index is 0.158. The standard InChI is InChI=1S/C11H17NO3S/c1-11(2,3)15-10(14)12-6-9(13)8-4-5-16-7-8/h4-5,7,9,13H,6H2,1-3H3,(H,12,14)/t9-/m1/s1. The number of nitrogens with one attached hydrogen (secondary N) is 1. The summed E-state index contributed by atoms with van der Waals surface area (Å²) in [6.45, 7) is 5.54. The summed E-state index contributed by atoms with van der Waals surface area (Å²) in [5.41, 5.74) is 0.290. The smallest absolute Gasteiger partial charge is 0.407 e. The number of alkyl carbamates (subject to hydrolysis) is 1. The minimum atomic E-state index is -0.682. The second-order valence-corrected chi connectivity index (χ2v) is 5.24. The number of aliphatic hydroxyl groups is 1. The largest absolute Gasteiger partial charge is 0.444 e. The lowest BCUT2D eigenvalue weighted by molar-refractivity contribution is 0.0492. The van der Waals surface area contributed by atoms with E-state index in [4.69, 9.17) is 4.74 Å². The molecular weight excluding hydrogens is 226 g/mol. The van der Waals surface area contributed by atoms with Crippen LogP contribution in [0.4, 0.5) is 4.79 Å². The van der Waals surface area contributed by atoms with Crippen LogP contribution in [0, 0.1) is 0 Å². The number of thiophene rings is 1. The first kappa shape index (κ1) is 13.0. The lowest BCUT2D eigenvalue weighted by Gasteiger charge is -2.20. The second kappa shape index (κ2) is 5.32. The first-order chi connectivity index (χ1) is 7.38. The van der Waals surface area contributed by atoms with Crippen LogP contribution in [-0.2, 0) is 4.74 Å². The summed E-state index contributed by atoms with van der Waals surface area (Å²) in [5.74, 6) is 0. The second-order valence-electron chi connectivity index (χ2n) is 4.46. The van der Waals surface area contributed by atoms with E-state index in [9.17, 15) is 9.90 Å². The van der Waals surface area contributed by atoms with Gasteiger partial charge in [0.25, 0.3) is 0 Å². The Bertz CT molecular complexity index is 329. The van der Waals surface area contributed by atoms with Crippen LogP contribution in [0.1, 0.15) is 32.4 Å². The van der Waals surface area contributed by atoms with Crippen LogP contribution in [0.2, 0.25) is 0 Å². The molecule has 1 aromatic rings. The summed E-state index contributed by atoms with van der Waals surface area (Å²) in [6.07, 6.45) is -1.19. The maximum atomic E-state index is 11.3. The molecule has 1 aromatic heterocycles. The highest BCUT2D eigenvalue weighted by molar-refractivity contribution is 7.07. The number of ether oxygens (including phenoxy) is 1. The molecule has 0 saturated heterocycles. The van der Waals surface area contributed by atoms with Gasteiger partial charge in [-0.3, -0.25) is 0 Å². The minimum Gasteiger partial charge on any atom is -0.444 e. The van der Waals surface area contributed by atoms with Gasteiger partial charge in [0.05, 0.1) is 12.6 Å². The van der Waals surface area contributed by atoms with Crippen LogP contribution in [-0.4, -0.2) is 23.3 Å². The molecule has 0 unspecified atom stereocenters. The van der Waals surface area contributed by atoms with Crippen LogP contribution in [0.15, 0.2) is 16.8 Å². The zero-order valence-corrected chi connectivity index (χ0v) is 10.5. The number of hydrogen-bond acceptors (Lipinski definition) is 4. The number of carbonyl (C=O) groups is 1. The van der Waals surface area contributed by atoms with Crippen LogP contribution < -0.4 is 5.32 Å². The van der Waals surface area contributed by atoms with E-state index in [0.717, 1.165) is 5.56 Å². The first-order valence-corrected chi connectivity index (χ1v) is 6.00. The van der Waals surface area contributed by atoms with Gasteiger partial charge in [-0.25, -0.2) is 4.79 Å². The zero-order valence-electron chi connectivity index (χ0n) is 9.69. The predicted molar refractivity (Wildman–Crippen MR) is 63.5 cm³/mol. The SMILES string of the molecule is CC(C)(C)OC(=O)NC[C@@H](O)c1ccsc1. The first-order valence-electron chi connectivity index (χ1n) is 5.05. The van der Waals surface area contributed by atoms with Crippen molar-refractivity contribution in [3.63, 3.8) is 0 Å². The molecule has 0 bridgehead atoms. The molecule has 4 nitrogen and oxygen atoms in total. The molecule has 0 saturated carbocycles. The van der Waals surface area contributed by atoms with Gasteiger partial charge in [-0.2, -0.15) is 11.3 Å². The van der Waals surface area contributed by atoms with E-state index in [1.165, 1.54) is 11.3 Å². The van der Waals surface area contributed by atoms with Crippen molar-refractivity contribution in [1.82, 2.24) is 5.32 Å². The number of amides is 1. The fourth-order valence-corrected chi connectivity index (χ4v) is 1.78. The molecular formula is C11H17NO3S. The fraction of sp³-hybridized carbons (Fsp3) is 0.545. The van der Waals surface area contributed by atoms with Crippen molar-refractivity contribution < 1.29 is 14.6 Å². The molecule has 1 amide bonds. The Morgan fingerprint density at radius 3 is 2.81 bits per heavy atom. The van der Waals surface area contributed by atoms with E-state index in [1.54, 1.807) is 20.8 Å². The molecule has 1 heterocycles. The van der Waals surface area contributed by atoms with Gasteiger partial charge < -0.3 is 15.2 Å². The molecule has 0 fully saturated rings. The van der Waals surface area contributed by atoms with Crippen LogP contribution in [0.25, 0.3) is 0 Å². The quantitative estimate of drug-likeness (QED) is 0.856. The molecule has 0 aliphatic rings. The van der Waals surface area contributed by atoms with Crippen molar-refractivity contribution in [3.8, 4) is 0 Å². The summed E-state index contributed by atoms with van der Waals surface area (Å²) in [6, 6.07) is 1.83. The Labute approximate surface area is 99.2 Å². The lowest BCUT2D eigenvalue weighted by Crippen LogP contribution is -2.34. The van der Waals surface area contributed by atoms with E-state index in [2.05, 4.69) is 5.32 Å². The molecule has 2 N–H and O–H groups in total. The van der Waals surface area contributed by atoms with E-state index < -0.39 is 17.8 Å². The van der Waals surface area contributed by atoms with E-state index in [1.807, 2.05) is 16.8 Å². The lowest BCUT2D eigenvalue weighted by atomic mass is 10.2. The summed E-state index contributed by atoms with van der Waals surface area (Å²) >= 11 is 1.51. The number of carbonyl (C=O) groups excluding carboxylic acids is 1. The summed E-state index contributed by atoms with van der Waals surface area (Å²) in [4.78, 5) is 11.3. The third-order valence-corrected chi connectivity index (χ3v) is 2.47. The molecule has 0 aliphatic heterocycles. The Hall–Kier alpha value is -1.07. The van der Waals surface area contributed by atoms with Crippen molar-refractivity contribution >= 4 is 17.4 Å². The molecule has 0 spiro atoms. The maximum absolute atomic E-state index is 11.3. The number of rotatable bonds is 3. The van der Waals surface area contributed by atoms with Crippen LogP contribution >= 0.6 is 11.3 Å². The van der Waals surface area contributed by atoms with Gasteiger partial charge in [0.1, 0.15) is 5.60 Å². The van der Waals surface area contributed by atoms with Gasteiger partial charge in [0.2, 0.25) is 0 Å². The molecule has 90 valence electrons. The van der Waals surface area contributed by atoms with Crippen LogP contribution in [0.5, 0.6) is 0 Å². The van der Waals surface area contributed by atoms with Crippen LogP contribution in [0.3, 0.4) is 0 Å². The van der Waals surface area contributed by atoms with Gasteiger partial charge in [-0.05, 0) is 43.2 Å². The number of aliphatic hydroxyl groups excluding tert-OH is 1.